The van der Waals surface area contributed by atoms with Crippen LogP contribution in [0.2, 0.25) is 0 Å². The molecule has 0 amide bonds. The Kier molecular flexibility index (Phi) is 5.97. The number of carbonyl (C=O) groups is 2. The fourth-order valence-electron chi connectivity index (χ4n) is 2.04. The van der Waals surface area contributed by atoms with Gasteiger partial charge in [-0.05, 0) is 25.7 Å². The lowest BCUT2D eigenvalue weighted by atomic mass is 9.89. The first-order chi connectivity index (χ1) is 8.17. The summed E-state index contributed by atoms with van der Waals surface area (Å²) in [4.78, 5) is 22.6. The Hall–Kier alpha value is -1.10. The van der Waals surface area contributed by atoms with Crippen molar-refractivity contribution in [2.45, 2.75) is 38.7 Å². The monoisotopic (exact) mass is 244 g/mol. The topological polar surface area (TPSA) is 61.8 Å². The van der Waals surface area contributed by atoms with Gasteiger partial charge in [0.1, 0.15) is 0 Å². The molecule has 1 fully saturated rings. The molecule has 1 rings (SSSR count). The van der Waals surface area contributed by atoms with Crippen LogP contribution in [0.5, 0.6) is 0 Å². The highest BCUT2D eigenvalue weighted by molar-refractivity contribution is 5.71. The molecule has 0 aromatic carbocycles. The molecule has 5 nitrogen and oxygen atoms in total. The van der Waals surface area contributed by atoms with Gasteiger partial charge in [-0.1, -0.05) is 0 Å². The number of carbonyl (C=O) groups excluding carboxylic acids is 2. The SMILES string of the molecule is CCOC(=O)C[C@H]1CCCO[C@@H]1CC(=O)OC. The third-order valence-corrected chi connectivity index (χ3v) is 2.91. The van der Waals surface area contributed by atoms with Crippen molar-refractivity contribution < 1.29 is 23.8 Å². The van der Waals surface area contributed by atoms with E-state index in [1.165, 1.54) is 7.11 Å². The largest absolute Gasteiger partial charge is 0.469 e. The summed E-state index contributed by atoms with van der Waals surface area (Å²) < 4.78 is 15.1. The minimum absolute atomic E-state index is 0.0573. The minimum atomic E-state index is -0.300. The van der Waals surface area contributed by atoms with Gasteiger partial charge in [0.15, 0.2) is 0 Å². The molecule has 17 heavy (non-hydrogen) atoms. The van der Waals surface area contributed by atoms with Crippen molar-refractivity contribution in [3.8, 4) is 0 Å². The zero-order valence-corrected chi connectivity index (χ0v) is 10.4. The maximum absolute atomic E-state index is 11.4. The zero-order valence-electron chi connectivity index (χ0n) is 10.4. The average Bonchev–Trinajstić information content (AvgIpc) is 2.31. The molecule has 1 heterocycles. The van der Waals surface area contributed by atoms with Gasteiger partial charge in [-0.3, -0.25) is 9.59 Å². The zero-order chi connectivity index (χ0) is 12.7. The standard InChI is InChI=1S/C12H20O5/c1-3-16-12(14)7-9-5-4-6-17-10(9)8-11(13)15-2/h9-10H,3-8H2,1-2H3/t9-,10-/m1/s1. The Morgan fingerprint density at radius 1 is 1.29 bits per heavy atom. The van der Waals surface area contributed by atoms with Crippen molar-refractivity contribution in [2.24, 2.45) is 5.92 Å². The van der Waals surface area contributed by atoms with Crippen LogP contribution in [0.3, 0.4) is 0 Å². The molecular formula is C12H20O5. The van der Waals surface area contributed by atoms with Crippen molar-refractivity contribution in [1.29, 1.82) is 0 Å². The number of hydrogen-bond acceptors (Lipinski definition) is 5. The van der Waals surface area contributed by atoms with E-state index >= 15 is 0 Å². The summed E-state index contributed by atoms with van der Waals surface area (Å²) in [6, 6.07) is 0. The minimum Gasteiger partial charge on any atom is -0.469 e. The van der Waals surface area contributed by atoms with Gasteiger partial charge in [0, 0.05) is 6.61 Å². The van der Waals surface area contributed by atoms with E-state index in [0.717, 1.165) is 12.8 Å². The van der Waals surface area contributed by atoms with Crippen LogP contribution >= 0.6 is 0 Å². The van der Waals surface area contributed by atoms with E-state index in [0.29, 0.717) is 19.6 Å². The Labute approximate surface area is 101 Å². The Balaban J connectivity index is 2.47. The molecule has 0 aliphatic carbocycles. The number of methoxy groups -OCH3 is 1. The third kappa shape index (κ3) is 4.73. The van der Waals surface area contributed by atoms with Gasteiger partial charge in [0.2, 0.25) is 0 Å². The second-order valence-electron chi connectivity index (χ2n) is 4.10. The van der Waals surface area contributed by atoms with Crippen LogP contribution < -0.4 is 0 Å². The maximum Gasteiger partial charge on any atom is 0.308 e. The molecule has 5 heteroatoms. The summed E-state index contributed by atoms with van der Waals surface area (Å²) >= 11 is 0. The lowest BCUT2D eigenvalue weighted by molar-refractivity contribution is -0.152. The fraction of sp³-hybridized carbons (Fsp3) is 0.833. The molecule has 0 N–H and O–H groups in total. The van der Waals surface area contributed by atoms with Gasteiger partial charge in [-0.15, -0.1) is 0 Å². The van der Waals surface area contributed by atoms with Crippen molar-refractivity contribution in [2.75, 3.05) is 20.3 Å². The van der Waals surface area contributed by atoms with Gasteiger partial charge in [-0.25, -0.2) is 0 Å². The smallest absolute Gasteiger partial charge is 0.308 e. The normalized spacial score (nSPS) is 24.1. The van der Waals surface area contributed by atoms with E-state index in [-0.39, 0.29) is 30.4 Å². The van der Waals surface area contributed by atoms with Gasteiger partial charge < -0.3 is 14.2 Å². The third-order valence-electron chi connectivity index (χ3n) is 2.91. The molecular weight excluding hydrogens is 224 g/mol. The van der Waals surface area contributed by atoms with Crippen LogP contribution in [0.25, 0.3) is 0 Å². The van der Waals surface area contributed by atoms with E-state index in [9.17, 15) is 9.59 Å². The molecule has 0 unspecified atom stereocenters. The number of hydrogen-bond donors (Lipinski definition) is 0. The van der Waals surface area contributed by atoms with Crippen LogP contribution in [0.15, 0.2) is 0 Å². The molecule has 0 spiro atoms. The quantitative estimate of drug-likeness (QED) is 0.682. The number of ether oxygens (including phenoxy) is 3. The number of rotatable bonds is 5. The summed E-state index contributed by atoms with van der Waals surface area (Å²) in [5.41, 5.74) is 0. The number of esters is 2. The second kappa shape index (κ2) is 7.27. The first-order valence-corrected chi connectivity index (χ1v) is 6.01. The van der Waals surface area contributed by atoms with E-state index in [1.807, 2.05) is 0 Å². The highest BCUT2D eigenvalue weighted by Crippen LogP contribution is 2.26. The maximum atomic E-state index is 11.4. The van der Waals surface area contributed by atoms with Gasteiger partial charge in [0.25, 0.3) is 0 Å². The van der Waals surface area contributed by atoms with Gasteiger partial charge in [0.05, 0.1) is 32.7 Å². The highest BCUT2D eigenvalue weighted by atomic mass is 16.5. The molecule has 1 aliphatic heterocycles. The van der Waals surface area contributed by atoms with E-state index in [1.54, 1.807) is 6.92 Å². The van der Waals surface area contributed by atoms with Crippen LogP contribution in [-0.4, -0.2) is 38.4 Å². The molecule has 2 atom stereocenters. The van der Waals surface area contributed by atoms with E-state index in [4.69, 9.17) is 9.47 Å². The Bertz CT molecular complexity index is 264. The molecule has 0 radical (unpaired) electrons. The summed E-state index contributed by atoms with van der Waals surface area (Å²) in [6.07, 6.45) is 2.11. The van der Waals surface area contributed by atoms with Gasteiger partial charge in [-0.2, -0.15) is 0 Å². The van der Waals surface area contributed by atoms with Crippen molar-refractivity contribution in [3.05, 3.63) is 0 Å². The molecule has 1 saturated heterocycles. The summed E-state index contributed by atoms with van der Waals surface area (Å²) in [7, 11) is 1.35. The second-order valence-corrected chi connectivity index (χ2v) is 4.10. The average molecular weight is 244 g/mol. The summed E-state index contributed by atoms with van der Waals surface area (Å²) in [6.45, 7) is 2.80. The fourth-order valence-corrected chi connectivity index (χ4v) is 2.04. The molecule has 0 saturated carbocycles. The first kappa shape index (κ1) is 14.0. The molecule has 98 valence electrons. The Morgan fingerprint density at radius 3 is 2.71 bits per heavy atom. The van der Waals surface area contributed by atoms with Crippen LogP contribution in [-0.2, 0) is 23.8 Å². The van der Waals surface area contributed by atoms with Crippen LogP contribution in [0, 0.1) is 5.92 Å². The lowest BCUT2D eigenvalue weighted by Gasteiger charge is -2.30. The molecule has 0 bridgehead atoms. The van der Waals surface area contributed by atoms with Crippen LogP contribution in [0.1, 0.15) is 32.6 Å². The summed E-state index contributed by atoms with van der Waals surface area (Å²) in [5, 5.41) is 0. The predicted molar refractivity (Wildman–Crippen MR) is 60.3 cm³/mol. The van der Waals surface area contributed by atoms with Crippen LogP contribution in [0.4, 0.5) is 0 Å². The molecule has 0 aromatic rings. The van der Waals surface area contributed by atoms with Crippen molar-refractivity contribution in [1.82, 2.24) is 0 Å². The highest BCUT2D eigenvalue weighted by Gasteiger charge is 2.30. The molecule has 1 aliphatic rings. The van der Waals surface area contributed by atoms with E-state index in [2.05, 4.69) is 4.74 Å². The van der Waals surface area contributed by atoms with Crippen molar-refractivity contribution in [3.63, 3.8) is 0 Å². The van der Waals surface area contributed by atoms with E-state index < -0.39 is 0 Å². The predicted octanol–water partition coefficient (Wildman–Crippen LogP) is 1.30. The lowest BCUT2D eigenvalue weighted by Crippen LogP contribution is -2.33. The van der Waals surface area contributed by atoms with Gasteiger partial charge >= 0.3 is 11.9 Å². The Morgan fingerprint density at radius 2 is 2.06 bits per heavy atom. The summed E-state index contributed by atoms with van der Waals surface area (Å²) in [5.74, 6) is -0.467. The molecule has 0 aromatic heterocycles. The van der Waals surface area contributed by atoms with Crippen molar-refractivity contribution >= 4 is 11.9 Å². The first-order valence-electron chi connectivity index (χ1n) is 6.01.